The van der Waals surface area contributed by atoms with Gasteiger partial charge in [0.2, 0.25) is 0 Å². The number of halogens is 3. The molecule has 0 atom stereocenters. The van der Waals surface area contributed by atoms with Crippen molar-refractivity contribution in [2.24, 2.45) is 0 Å². The van der Waals surface area contributed by atoms with Crippen molar-refractivity contribution in [2.45, 2.75) is 24.6 Å². The molecule has 1 fully saturated rings. The van der Waals surface area contributed by atoms with Crippen LogP contribution < -0.4 is 5.32 Å². The van der Waals surface area contributed by atoms with E-state index in [1.54, 1.807) is 5.32 Å². The second-order valence-electron chi connectivity index (χ2n) is 4.49. The van der Waals surface area contributed by atoms with Crippen LogP contribution in [0.1, 0.15) is 23.2 Å². The number of nitrogens with one attached hydrogen (secondary N) is 1. The number of amides is 1. The molecule has 0 heterocycles. The number of nitrogens with zero attached hydrogens (tertiary/aromatic N) is 1. The Morgan fingerprint density at radius 1 is 1.40 bits per heavy atom. The van der Waals surface area contributed by atoms with E-state index in [4.69, 9.17) is 0 Å². The summed E-state index contributed by atoms with van der Waals surface area (Å²) in [6, 6.07) is 2.60. The summed E-state index contributed by atoms with van der Waals surface area (Å²) < 4.78 is 38.1. The van der Waals surface area contributed by atoms with Crippen molar-refractivity contribution in [3.05, 3.63) is 33.9 Å². The smallest absolute Gasteiger partial charge is 0.411 e. The van der Waals surface area contributed by atoms with Crippen LogP contribution >= 0.6 is 0 Å². The van der Waals surface area contributed by atoms with Crippen LogP contribution in [0.25, 0.3) is 0 Å². The van der Waals surface area contributed by atoms with Gasteiger partial charge in [-0.15, -0.1) is 0 Å². The van der Waals surface area contributed by atoms with E-state index in [2.05, 4.69) is 0 Å². The molecule has 0 radical (unpaired) electrons. The highest BCUT2D eigenvalue weighted by Gasteiger charge is 2.64. The molecule has 1 aromatic rings. The highest BCUT2D eigenvalue weighted by Crippen LogP contribution is 2.49. The first-order chi connectivity index (χ1) is 9.16. The molecule has 1 amide bonds. The molecule has 20 heavy (non-hydrogen) atoms. The van der Waals surface area contributed by atoms with Crippen molar-refractivity contribution in [3.8, 4) is 5.75 Å². The van der Waals surface area contributed by atoms with E-state index in [1.807, 2.05) is 0 Å². The molecule has 9 heteroatoms. The highest BCUT2D eigenvalue weighted by atomic mass is 19.4. The third-order valence-corrected chi connectivity index (χ3v) is 3.07. The molecular formula is C11H9F3N2O4. The molecule has 1 aliphatic rings. The van der Waals surface area contributed by atoms with Crippen LogP contribution in [0, 0.1) is 10.1 Å². The molecule has 0 aliphatic heterocycles. The van der Waals surface area contributed by atoms with Crippen LogP contribution in [-0.2, 0) is 0 Å². The fraction of sp³-hybridized carbons (Fsp3) is 0.364. The van der Waals surface area contributed by atoms with E-state index < -0.39 is 39.5 Å². The maximum Gasteiger partial charge on any atom is 0.411 e. The third kappa shape index (κ3) is 2.38. The third-order valence-electron chi connectivity index (χ3n) is 3.07. The summed E-state index contributed by atoms with van der Waals surface area (Å²) in [5, 5.41) is 21.7. The summed E-state index contributed by atoms with van der Waals surface area (Å²) in [5.41, 5.74) is -3.59. The van der Waals surface area contributed by atoms with Gasteiger partial charge < -0.3 is 10.4 Å². The summed E-state index contributed by atoms with van der Waals surface area (Å²) in [5.74, 6) is -1.68. The number of alkyl halides is 3. The second-order valence-corrected chi connectivity index (χ2v) is 4.49. The molecule has 1 saturated carbocycles. The lowest BCUT2D eigenvalue weighted by Gasteiger charge is -2.20. The zero-order chi connectivity index (χ0) is 15.1. The average Bonchev–Trinajstić information content (AvgIpc) is 3.08. The van der Waals surface area contributed by atoms with E-state index in [-0.39, 0.29) is 12.8 Å². The van der Waals surface area contributed by atoms with Gasteiger partial charge in [-0.05, 0) is 25.0 Å². The monoisotopic (exact) mass is 290 g/mol. The molecule has 0 saturated heterocycles. The molecular weight excluding hydrogens is 281 g/mol. The van der Waals surface area contributed by atoms with Gasteiger partial charge in [0.25, 0.3) is 11.6 Å². The Hall–Kier alpha value is -2.32. The minimum absolute atomic E-state index is 0.269. The van der Waals surface area contributed by atoms with Gasteiger partial charge in [0.05, 0.1) is 4.92 Å². The molecule has 6 nitrogen and oxygen atoms in total. The van der Waals surface area contributed by atoms with Crippen LogP contribution in [-0.4, -0.2) is 27.7 Å². The summed E-state index contributed by atoms with van der Waals surface area (Å²) in [6.07, 6.45) is -5.15. The molecule has 2 rings (SSSR count). The van der Waals surface area contributed by atoms with Crippen molar-refractivity contribution >= 4 is 11.6 Å². The number of rotatable bonds is 3. The minimum Gasteiger partial charge on any atom is -0.508 e. The fourth-order valence-electron chi connectivity index (χ4n) is 1.75. The van der Waals surface area contributed by atoms with E-state index in [9.17, 15) is 33.2 Å². The van der Waals surface area contributed by atoms with Crippen molar-refractivity contribution < 1.29 is 28.0 Å². The van der Waals surface area contributed by atoms with Gasteiger partial charge in [-0.2, -0.15) is 13.2 Å². The normalized spacial score (nSPS) is 16.6. The van der Waals surface area contributed by atoms with E-state index in [0.717, 1.165) is 18.2 Å². The Balaban J connectivity index is 2.31. The van der Waals surface area contributed by atoms with Crippen LogP contribution in [0.3, 0.4) is 0 Å². The summed E-state index contributed by atoms with van der Waals surface area (Å²) in [6.45, 7) is 0. The number of nitro groups is 1. The average molecular weight is 290 g/mol. The predicted molar refractivity (Wildman–Crippen MR) is 60.2 cm³/mol. The Labute approximate surface area is 110 Å². The Morgan fingerprint density at radius 2 is 2.00 bits per heavy atom. The summed E-state index contributed by atoms with van der Waals surface area (Å²) in [7, 11) is 0. The Bertz CT molecular complexity index is 582. The molecule has 0 spiro atoms. The summed E-state index contributed by atoms with van der Waals surface area (Å²) >= 11 is 0. The highest BCUT2D eigenvalue weighted by molar-refractivity contribution is 5.99. The van der Waals surface area contributed by atoms with E-state index >= 15 is 0 Å². The van der Waals surface area contributed by atoms with Crippen molar-refractivity contribution in [2.75, 3.05) is 0 Å². The van der Waals surface area contributed by atoms with Gasteiger partial charge in [0.15, 0.2) is 0 Å². The minimum atomic E-state index is -4.62. The topological polar surface area (TPSA) is 92.5 Å². The molecule has 0 aromatic heterocycles. The largest absolute Gasteiger partial charge is 0.508 e. The summed E-state index contributed by atoms with van der Waals surface area (Å²) in [4.78, 5) is 21.6. The van der Waals surface area contributed by atoms with Crippen LogP contribution in [0.5, 0.6) is 5.75 Å². The van der Waals surface area contributed by atoms with Gasteiger partial charge in [0, 0.05) is 6.07 Å². The molecule has 2 N–H and O–H groups in total. The molecule has 1 aromatic carbocycles. The SMILES string of the molecule is O=C(NC1(C(F)(F)F)CC1)c1cc(O)ccc1[N+](=O)[O-]. The number of carbonyl (C=O) groups is 1. The zero-order valence-corrected chi connectivity index (χ0v) is 9.90. The number of phenolic OH excluding ortho intramolecular Hbond substituents is 1. The zero-order valence-electron chi connectivity index (χ0n) is 9.90. The second kappa shape index (κ2) is 4.36. The lowest BCUT2D eigenvalue weighted by Crippen LogP contribution is -2.47. The number of hydrogen-bond acceptors (Lipinski definition) is 4. The number of phenols is 1. The first-order valence-corrected chi connectivity index (χ1v) is 5.53. The van der Waals surface area contributed by atoms with Gasteiger partial charge in [-0.1, -0.05) is 0 Å². The molecule has 108 valence electrons. The van der Waals surface area contributed by atoms with E-state index in [0.29, 0.717) is 0 Å². The lowest BCUT2D eigenvalue weighted by molar-refractivity contribution is -0.385. The number of benzene rings is 1. The number of hydrogen-bond donors (Lipinski definition) is 2. The Kier molecular flexibility index (Phi) is 3.07. The van der Waals surface area contributed by atoms with Gasteiger partial charge in [-0.3, -0.25) is 14.9 Å². The molecule has 1 aliphatic carbocycles. The number of aromatic hydroxyl groups is 1. The maximum absolute atomic E-state index is 12.7. The lowest BCUT2D eigenvalue weighted by atomic mass is 10.1. The standard InChI is InChI=1S/C11H9F3N2O4/c12-11(13,14)10(3-4-10)15-9(18)7-5-6(17)1-2-8(7)16(19)20/h1-2,5,17H,3-4H2,(H,15,18). The van der Waals surface area contributed by atoms with Crippen molar-refractivity contribution in [3.63, 3.8) is 0 Å². The molecule has 0 bridgehead atoms. The van der Waals surface area contributed by atoms with Gasteiger partial charge in [-0.25, -0.2) is 0 Å². The fourth-order valence-corrected chi connectivity index (χ4v) is 1.75. The maximum atomic E-state index is 12.7. The van der Waals surface area contributed by atoms with Gasteiger partial charge in [0.1, 0.15) is 16.9 Å². The first kappa shape index (κ1) is 14.1. The first-order valence-electron chi connectivity index (χ1n) is 5.53. The van der Waals surface area contributed by atoms with Crippen LogP contribution in [0.2, 0.25) is 0 Å². The van der Waals surface area contributed by atoms with E-state index in [1.165, 1.54) is 0 Å². The predicted octanol–water partition coefficient (Wildman–Crippen LogP) is 2.13. The van der Waals surface area contributed by atoms with Crippen LogP contribution in [0.15, 0.2) is 18.2 Å². The number of carbonyl (C=O) groups excluding carboxylic acids is 1. The molecule has 0 unspecified atom stereocenters. The van der Waals surface area contributed by atoms with Crippen molar-refractivity contribution in [1.82, 2.24) is 5.32 Å². The van der Waals surface area contributed by atoms with Crippen molar-refractivity contribution in [1.29, 1.82) is 0 Å². The Morgan fingerprint density at radius 3 is 2.45 bits per heavy atom. The van der Waals surface area contributed by atoms with Crippen LogP contribution in [0.4, 0.5) is 18.9 Å². The van der Waals surface area contributed by atoms with Gasteiger partial charge >= 0.3 is 6.18 Å². The quantitative estimate of drug-likeness (QED) is 0.658. The number of nitro benzene ring substituents is 1.